The van der Waals surface area contributed by atoms with Gasteiger partial charge in [0.1, 0.15) is 29.2 Å². The Kier molecular flexibility index (Phi) is 9.71. The number of methoxy groups -OCH3 is 1. The molecule has 0 aromatic heterocycles. The molecule has 3 N–H and O–H groups in total. The van der Waals surface area contributed by atoms with Crippen molar-refractivity contribution in [2.45, 2.75) is 85.0 Å². The molecule has 0 spiro atoms. The Bertz CT molecular complexity index is 1210. The van der Waals surface area contributed by atoms with E-state index in [2.05, 4.69) is 10.6 Å². The first-order chi connectivity index (χ1) is 18.8. The number of carbonyl (C=O) groups excluding carboxylic acids is 3. The fourth-order valence-electron chi connectivity index (χ4n) is 4.66. The van der Waals surface area contributed by atoms with E-state index in [1.165, 1.54) is 0 Å². The van der Waals surface area contributed by atoms with Crippen LogP contribution in [0.3, 0.4) is 0 Å². The van der Waals surface area contributed by atoms with Gasteiger partial charge in [0.25, 0.3) is 5.91 Å². The molecule has 9 heteroatoms. The van der Waals surface area contributed by atoms with Crippen molar-refractivity contribution >= 4 is 23.6 Å². The number of amides is 3. The van der Waals surface area contributed by atoms with Crippen LogP contribution in [0, 0.1) is 18.8 Å². The van der Waals surface area contributed by atoms with E-state index in [-0.39, 0.29) is 23.6 Å². The predicted octanol–water partition coefficient (Wildman–Crippen LogP) is 5.57. The maximum absolute atomic E-state index is 14.4. The number of phenols is 1. The van der Waals surface area contributed by atoms with E-state index in [9.17, 15) is 19.5 Å². The second kappa shape index (κ2) is 12.6. The standard InChI is InChI=1S/C31H43N3O6/c1-9-18(2)25(33-30(38)40-31(5,6)7)29(37)34(24-17-20(24)4)26(23-12-10-11-19(3)27(23)35)28(36)32-21-13-15-22(39-8)16-14-21/h10-16,18,20,24-26,35H,9,17H2,1-8H3,(H,32,36)(H,33,38). The van der Waals surface area contributed by atoms with Crippen molar-refractivity contribution < 1.29 is 29.0 Å². The van der Waals surface area contributed by atoms with Gasteiger partial charge in [-0.2, -0.15) is 0 Å². The topological polar surface area (TPSA) is 117 Å². The summed E-state index contributed by atoms with van der Waals surface area (Å²) >= 11 is 0. The number of hydrogen-bond acceptors (Lipinski definition) is 6. The van der Waals surface area contributed by atoms with E-state index in [0.717, 1.165) is 0 Å². The number of nitrogens with one attached hydrogen (secondary N) is 2. The van der Waals surface area contributed by atoms with E-state index in [4.69, 9.17) is 9.47 Å². The summed E-state index contributed by atoms with van der Waals surface area (Å²) in [6, 6.07) is 9.71. The number of para-hydroxylation sites is 1. The van der Waals surface area contributed by atoms with Gasteiger partial charge in [0, 0.05) is 17.3 Å². The highest BCUT2D eigenvalue weighted by molar-refractivity contribution is 5.99. The maximum Gasteiger partial charge on any atom is 0.408 e. The third-order valence-electron chi connectivity index (χ3n) is 7.28. The first-order valence-corrected chi connectivity index (χ1v) is 13.8. The number of hydrogen-bond donors (Lipinski definition) is 3. The Hall–Kier alpha value is -3.75. The highest BCUT2D eigenvalue weighted by Gasteiger charge is 2.49. The number of alkyl carbamates (subject to hydrolysis) is 1. The minimum Gasteiger partial charge on any atom is -0.507 e. The van der Waals surface area contributed by atoms with Gasteiger partial charge in [-0.1, -0.05) is 45.4 Å². The first kappa shape index (κ1) is 30.8. The van der Waals surface area contributed by atoms with E-state index < -0.39 is 35.6 Å². The summed E-state index contributed by atoms with van der Waals surface area (Å²) in [6.45, 7) is 12.8. The second-order valence-electron chi connectivity index (χ2n) is 11.7. The number of phenolic OH excluding ortho intramolecular Hbond substituents is 1. The molecule has 0 bridgehead atoms. The van der Waals surface area contributed by atoms with Gasteiger partial charge in [-0.05, 0) is 75.8 Å². The number of ether oxygens (including phenoxy) is 2. The molecular weight excluding hydrogens is 510 g/mol. The normalized spacial score (nSPS) is 18.6. The monoisotopic (exact) mass is 553 g/mol. The fraction of sp³-hybridized carbons (Fsp3) is 0.516. The van der Waals surface area contributed by atoms with Crippen molar-refractivity contribution in [1.82, 2.24) is 10.2 Å². The Balaban J connectivity index is 2.07. The zero-order chi connectivity index (χ0) is 29.8. The molecule has 0 saturated heterocycles. The lowest BCUT2D eigenvalue weighted by atomic mass is 9.94. The Labute approximate surface area is 237 Å². The summed E-state index contributed by atoms with van der Waals surface area (Å²) < 4.78 is 10.7. The summed E-state index contributed by atoms with van der Waals surface area (Å²) in [4.78, 5) is 42.8. The van der Waals surface area contributed by atoms with Crippen LogP contribution in [-0.4, -0.2) is 52.7 Å². The van der Waals surface area contributed by atoms with Crippen molar-refractivity contribution in [3.05, 3.63) is 53.6 Å². The minimum atomic E-state index is -1.14. The Morgan fingerprint density at radius 1 is 1.12 bits per heavy atom. The Morgan fingerprint density at radius 2 is 1.75 bits per heavy atom. The molecule has 1 fully saturated rings. The van der Waals surface area contributed by atoms with Crippen LogP contribution in [0.2, 0.25) is 0 Å². The number of anilines is 1. The fourth-order valence-corrected chi connectivity index (χ4v) is 4.66. The molecule has 5 atom stereocenters. The van der Waals surface area contributed by atoms with Crippen LogP contribution in [0.5, 0.6) is 11.5 Å². The van der Waals surface area contributed by atoms with Crippen molar-refractivity contribution in [2.24, 2.45) is 11.8 Å². The van der Waals surface area contributed by atoms with E-state index in [1.54, 1.807) is 82.2 Å². The van der Waals surface area contributed by atoms with Crippen molar-refractivity contribution in [1.29, 1.82) is 0 Å². The van der Waals surface area contributed by atoms with Crippen molar-refractivity contribution in [3.8, 4) is 11.5 Å². The van der Waals surface area contributed by atoms with Gasteiger partial charge in [-0.15, -0.1) is 0 Å². The van der Waals surface area contributed by atoms with Crippen LogP contribution in [0.25, 0.3) is 0 Å². The largest absolute Gasteiger partial charge is 0.507 e. The number of rotatable bonds is 10. The van der Waals surface area contributed by atoms with Crippen LogP contribution in [-0.2, 0) is 14.3 Å². The number of aryl methyl sites for hydroxylation is 1. The molecule has 2 aromatic rings. The SMILES string of the molecule is CCC(C)C(NC(=O)OC(C)(C)C)C(=O)N(C(C(=O)Nc1ccc(OC)cc1)c1cccc(C)c1O)C1CC1C. The van der Waals surface area contributed by atoms with Gasteiger partial charge >= 0.3 is 6.09 Å². The number of aromatic hydroxyl groups is 1. The molecule has 1 aliphatic carbocycles. The van der Waals surface area contributed by atoms with Gasteiger partial charge in [0.05, 0.1) is 7.11 Å². The van der Waals surface area contributed by atoms with E-state index in [0.29, 0.717) is 35.4 Å². The van der Waals surface area contributed by atoms with Gasteiger partial charge in [-0.3, -0.25) is 9.59 Å². The molecule has 0 heterocycles. The van der Waals surface area contributed by atoms with Crippen LogP contribution in [0.15, 0.2) is 42.5 Å². The highest BCUT2D eigenvalue weighted by Crippen LogP contribution is 2.43. The number of benzene rings is 2. The molecule has 3 amide bonds. The zero-order valence-electron chi connectivity index (χ0n) is 24.8. The number of carbonyl (C=O) groups is 3. The summed E-state index contributed by atoms with van der Waals surface area (Å²) in [5.41, 5.74) is 0.677. The van der Waals surface area contributed by atoms with Gasteiger partial charge < -0.3 is 30.1 Å². The first-order valence-electron chi connectivity index (χ1n) is 13.8. The van der Waals surface area contributed by atoms with Crippen molar-refractivity contribution in [2.75, 3.05) is 12.4 Å². The molecule has 40 heavy (non-hydrogen) atoms. The maximum atomic E-state index is 14.4. The third kappa shape index (κ3) is 7.46. The van der Waals surface area contributed by atoms with Crippen LogP contribution in [0.4, 0.5) is 10.5 Å². The van der Waals surface area contributed by atoms with Crippen LogP contribution < -0.4 is 15.4 Å². The van der Waals surface area contributed by atoms with E-state index >= 15 is 0 Å². The lowest BCUT2D eigenvalue weighted by Crippen LogP contribution is -2.55. The molecule has 1 aliphatic rings. The molecule has 0 aliphatic heterocycles. The zero-order valence-corrected chi connectivity index (χ0v) is 24.8. The van der Waals surface area contributed by atoms with Crippen LogP contribution in [0.1, 0.15) is 71.6 Å². The van der Waals surface area contributed by atoms with Gasteiger partial charge in [-0.25, -0.2) is 4.79 Å². The summed E-state index contributed by atoms with van der Waals surface area (Å²) in [7, 11) is 1.56. The molecule has 2 aromatic carbocycles. The predicted molar refractivity (Wildman–Crippen MR) is 154 cm³/mol. The third-order valence-corrected chi connectivity index (χ3v) is 7.28. The average Bonchev–Trinajstić information content (AvgIpc) is 3.61. The molecular formula is C31H43N3O6. The summed E-state index contributed by atoms with van der Waals surface area (Å²) in [5, 5.41) is 16.8. The van der Waals surface area contributed by atoms with Crippen molar-refractivity contribution in [3.63, 3.8) is 0 Å². The molecule has 1 saturated carbocycles. The van der Waals surface area contributed by atoms with Gasteiger partial charge in [0.2, 0.25) is 5.91 Å². The summed E-state index contributed by atoms with van der Waals surface area (Å²) in [5.74, 6) is -0.383. The molecule has 5 unspecified atom stereocenters. The second-order valence-corrected chi connectivity index (χ2v) is 11.7. The van der Waals surface area contributed by atoms with Gasteiger partial charge in [0.15, 0.2) is 0 Å². The lowest BCUT2D eigenvalue weighted by molar-refractivity contribution is -0.142. The molecule has 9 nitrogen and oxygen atoms in total. The minimum absolute atomic E-state index is 0.0522. The average molecular weight is 554 g/mol. The van der Waals surface area contributed by atoms with E-state index in [1.807, 2.05) is 20.8 Å². The van der Waals surface area contributed by atoms with Crippen LogP contribution >= 0.6 is 0 Å². The molecule has 0 radical (unpaired) electrons. The molecule has 218 valence electrons. The summed E-state index contributed by atoms with van der Waals surface area (Å²) in [6.07, 6.45) is 0.607. The molecule has 3 rings (SSSR count). The smallest absolute Gasteiger partial charge is 0.408 e. The number of nitrogens with zero attached hydrogens (tertiary/aromatic N) is 1. The quantitative estimate of drug-likeness (QED) is 0.354. The highest BCUT2D eigenvalue weighted by atomic mass is 16.6. The lowest BCUT2D eigenvalue weighted by Gasteiger charge is -2.36. The Morgan fingerprint density at radius 3 is 2.27 bits per heavy atom.